The highest BCUT2D eigenvalue weighted by molar-refractivity contribution is 7.10. The lowest BCUT2D eigenvalue weighted by Gasteiger charge is -2.49. The molecule has 3 rings (SSSR count). The van der Waals surface area contributed by atoms with E-state index >= 15 is 0 Å². The molecular weight excluding hydrogens is 389 g/mol. The van der Waals surface area contributed by atoms with Crippen molar-refractivity contribution in [1.82, 2.24) is 15.2 Å². The van der Waals surface area contributed by atoms with E-state index in [9.17, 15) is 14.3 Å². The van der Waals surface area contributed by atoms with Crippen molar-refractivity contribution >= 4 is 17.2 Å². The highest BCUT2D eigenvalue weighted by Gasteiger charge is 2.46. The van der Waals surface area contributed by atoms with Gasteiger partial charge in [0.1, 0.15) is 5.82 Å². The molecule has 0 spiro atoms. The lowest BCUT2D eigenvalue weighted by atomic mass is 9.81. The van der Waals surface area contributed by atoms with Gasteiger partial charge in [0.15, 0.2) is 0 Å². The van der Waals surface area contributed by atoms with Crippen LogP contribution in [-0.2, 0) is 11.3 Å². The minimum Gasteiger partial charge on any atom is -0.388 e. The Morgan fingerprint density at radius 2 is 2.21 bits per heavy atom. The first-order valence-corrected chi connectivity index (χ1v) is 10.8. The third-order valence-corrected chi connectivity index (χ3v) is 6.30. The summed E-state index contributed by atoms with van der Waals surface area (Å²) in [6, 6.07) is 4.92. The molecule has 1 aliphatic heterocycles. The third kappa shape index (κ3) is 5.41. The first-order chi connectivity index (χ1) is 13.6. The van der Waals surface area contributed by atoms with Crippen LogP contribution in [0.4, 0.5) is 4.39 Å². The van der Waals surface area contributed by atoms with Gasteiger partial charge in [-0.3, -0.25) is 14.7 Å². The van der Waals surface area contributed by atoms with Gasteiger partial charge in [-0.25, -0.2) is 4.39 Å². The summed E-state index contributed by atoms with van der Waals surface area (Å²) < 4.78 is 14.3. The Kier molecular flexibility index (Phi) is 6.41. The molecule has 7 heteroatoms. The number of carbonyl (C=O) groups excluding carboxylic acids is 1. The number of thiophene rings is 1. The number of hydrogen-bond donors (Lipinski definition) is 2. The second kappa shape index (κ2) is 8.50. The maximum Gasteiger partial charge on any atom is 0.220 e. The van der Waals surface area contributed by atoms with Gasteiger partial charge in [-0.15, -0.1) is 11.3 Å². The lowest BCUT2D eigenvalue weighted by Crippen LogP contribution is -2.62. The fourth-order valence-corrected chi connectivity index (χ4v) is 4.78. The van der Waals surface area contributed by atoms with E-state index in [4.69, 9.17) is 0 Å². The van der Waals surface area contributed by atoms with E-state index in [1.165, 1.54) is 6.20 Å². The van der Waals surface area contributed by atoms with Crippen LogP contribution < -0.4 is 5.32 Å². The van der Waals surface area contributed by atoms with Crippen molar-refractivity contribution in [1.29, 1.82) is 0 Å². The first-order valence-electron chi connectivity index (χ1n) is 9.94. The zero-order chi connectivity index (χ0) is 21.2. The minimum absolute atomic E-state index is 0.0822. The maximum absolute atomic E-state index is 14.3. The molecule has 3 heterocycles. The number of piperidine rings is 1. The average molecular weight is 420 g/mol. The van der Waals surface area contributed by atoms with Crippen molar-refractivity contribution in [3.05, 3.63) is 52.2 Å². The van der Waals surface area contributed by atoms with Crippen LogP contribution in [0.25, 0.3) is 0 Å². The zero-order valence-corrected chi connectivity index (χ0v) is 18.3. The number of aliphatic hydroxyl groups is 1. The molecule has 1 aliphatic rings. The van der Waals surface area contributed by atoms with Crippen molar-refractivity contribution in [3.63, 3.8) is 0 Å². The monoisotopic (exact) mass is 419 g/mol. The van der Waals surface area contributed by atoms with E-state index in [0.717, 1.165) is 4.88 Å². The van der Waals surface area contributed by atoms with Gasteiger partial charge in [0.25, 0.3) is 0 Å². The Labute approximate surface area is 176 Å². The van der Waals surface area contributed by atoms with Crippen LogP contribution in [0.1, 0.15) is 57.0 Å². The number of nitrogens with zero attached hydrogens (tertiary/aromatic N) is 2. The van der Waals surface area contributed by atoms with Crippen LogP contribution in [0.3, 0.4) is 0 Å². The van der Waals surface area contributed by atoms with Gasteiger partial charge >= 0.3 is 0 Å². The maximum atomic E-state index is 14.3. The predicted octanol–water partition coefficient (Wildman–Crippen LogP) is 3.90. The van der Waals surface area contributed by atoms with Crippen molar-refractivity contribution in [3.8, 4) is 0 Å². The Hall–Kier alpha value is -1.83. The van der Waals surface area contributed by atoms with E-state index in [1.807, 2.05) is 38.3 Å². The molecule has 0 aliphatic carbocycles. The second-order valence-corrected chi connectivity index (χ2v) is 10.3. The molecule has 0 aromatic carbocycles. The summed E-state index contributed by atoms with van der Waals surface area (Å²) in [4.78, 5) is 19.8. The molecular formula is C22H30FN3O2S. The van der Waals surface area contributed by atoms with Crippen molar-refractivity contribution in [2.24, 2.45) is 5.41 Å². The first kappa shape index (κ1) is 21.9. The van der Waals surface area contributed by atoms with Crippen LogP contribution in [-0.4, -0.2) is 39.1 Å². The topological polar surface area (TPSA) is 65.5 Å². The smallest absolute Gasteiger partial charge is 0.220 e. The highest BCUT2D eigenvalue weighted by atomic mass is 32.1. The summed E-state index contributed by atoms with van der Waals surface area (Å²) in [5, 5.41) is 16.3. The summed E-state index contributed by atoms with van der Waals surface area (Å²) in [7, 11) is 0. The Balaban J connectivity index is 1.92. The number of aromatic nitrogens is 1. The van der Waals surface area contributed by atoms with Gasteiger partial charge in [0, 0.05) is 36.1 Å². The Morgan fingerprint density at radius 3 is 2.83 bits per heavy atom. The lowest BCUT2D eigenvalue weighted by molar-refractivity contribution is -0.130. The molecule has 0 saturated carbocycles. The number of hydrogen-bond acceptors (Lipinski definition) is 5. The van der Waals surface area contributed by atoms with E-state index < -0.39 is 11.6 Å². The zero-order valence-electron chi connectivity index (χ0n) is 17.5. The van der Waals surface area contributed by atoms with Crippen LogP contribution in [0.15, 0.2) is 36.0 Å². The molecule has 1 fully saturated rings. The molecule has 3 atom stereocenters. The Morgan fingerprint density at radius 1 is 1.45 bits per heavy atom. The van der Waals surface area contributed by atoms with Gasteiger partial charge < -0.3 is 10.4 Å². The number of pyridine rings is 1. The SMILES string of the molecule is CC(C)(C)CC(=O)NC1C(c2cccs2)N(Cc2ccncc2F)CCC1(C)O. The van der Waals surface area contributed by atoms with Gasteiger partial charge in [-0.2, -0.15) is 0 Å². The van der Waals surface area contributed by atoms with Gasteiger partial charge in [-0.05, 0) is 36.3 Å². The van der Waals surface area contributed by atoms with Crippen LogP contribution in [0, 0.1) is 11.2 Å². The van der Waals surface area contributed by atoms with Gasteiger partial charge in [-0.1, -0.05) is 26.8 Å². The number of likely N-dealkylation sites (tertiary alicyclic amines) is 1. The Bertz CT molecular complexity index is 833. The quantitative estimate of drug-likeness (QED) is 0.771. The van der Waals surface area contributed by atoms with Crippen molar-refractivity contribution in [2.75, 3.05) is 6.54 Å². The van der Waals surface area contributed by atoms with E-state index in [0.29, 0.717) is 31.5 Å². The molecule has 2 N–H and O–H groups in total. The molecule has 5 nitrogen and oxygen atoms in total. The van der Waals surface area contributed by atoms with Gasteiger partial charge in [0.2, 0.25) is 5.91 Å². The van der Waals surface area contributed by atoms with E-state index in [1.54, 1.807) is 30.5 Å². The predicted molar refractivity (Wildman–Crippen MR) is 113 cm³/mol. The summed E-state index contributed by atoms with van der Waals surface area (Å²) in [5.74, 6) is -0.427. The molecule has 0 bridgehead atoms. The number of rotatable bonds is 5. The molecule has 1 saturated heterocycles. The van der Waals surface area contributed by atoms with E-state index in [-0.39, 0.29) is 23.2 Å². The van der Waals surface area contributed by atoms with E-state index in [2.05, 4.69) is 15.2 Å². The summed E-state index contributed by atoms with van der Waals surface area (Å²) in [6.07, 6.45) is 3.66. The van der Waals surface area contributed by atoms with Crippen molar-refractivity contribution in [2.45, 2.75) is 64.8 Å². The fraction of sp³-hybridized carbons (Fsp3) is 0.545. The molecule has 0 radical (unpaired) electrons. The standard InChI is InChI=1S/C22H30FN3O2S/c1-21(2,3)12-18(27)25-20-19(17-6-5-11-29-17)26(10-8-22(20,4)28)14-15-7-9-24-13-16(15)23/h5-7,9,11,13,19-20,28H,8,10,12,14H2,1-4H3,(H,25,27). The molecule has 3 unspecified atom stereocenters. The average Bonchev–Trinajstić information content (AvgIpc) is 3.12. The van der Waals surface area contributed by atoms with Crippen LogP contribution in [0.2, 0.25) is 0 Å². The molecule has 1 amide bonds. The largest absolute Gasteiger partial charge is 0.388 e. The summed E-state index contributed by atoms with van der Waals surface area (Å²) in [6.45, 7) is 8.81. The van der Waals surface area contributed by atoms with Crippen molar-refractivity contribution < 1.29 is 14.3 Å². The summed E-state index contributed by atoms with van der Waals surface area (Å²) in [5.41, 5.74) is -0.652. The normalized spacial score (nSPS) is 25.7. The summed E-state index contributed by atoms with van der Waals surface area (Å²) >= 11 is 1.58. The number of halogens is 1. The van der Waals surface area contributed by atoms with Crippen LogP contribution >= 0.6 is 11.3 Å². The molecule has 158 valence electrons. The number of carbonyl (C=O) groups is 1. The molecule has 29 heavy (non-hydrogen) atoms. The molecule has 2 aromatic heterocycles. The van der Waals surface area contributed by atoms with Crippen LogP contribution in [0.5, 0.6) is 0 Å². The number of amides is 1. The number of nitrogens with one attached hydrogen (secondary N) is 1. The highest BCUT2D eigenvalue weighted by Crippen LogP contribution is 2.40. The minimum atomic E-state index is -1.06. The fourth-order valence-electron chi connectivity index (χ4n) is 3.89. The second-order valence-electron chi connectivity index (χ2n) is 9.29. The molecule has 2 aromatic rings. The third-order valence-electron chi connectivity index (χ3n) is 5.36. The van der Waals surface area contributed by atoms with Gasteiger partial charge in [0.05, 0.1) is 23.9 Å².